The first-order valence-corrected chi connectivity index (χ1v) is 10.7. The Bertz CT molecular complexity index is 1660. The van der Waals surface area contributed by atoms with Crippen molar-refractivity contribution in [2.75, 3.05) is 5.32 Å². The number of carbonyl (C=O) groups is 1. The van der Waals surface area contributed by atoms with Crippen molar-refractivity contribution in [1.82, 2.24) is 19.5 Å². The molecule has 0 unspecified atom stereocenters. The Morgan fingerprint density at radius 1 is 0.944 bits per heavy atom. The van der Waals surface area contributed by atoms with Gasteiger partial charge in [0.1, 0.15) is 22.7 Å². The van der Waals surface area contributed by atoms with Crippen LogP contribution in [0.5, 0.6) is 11.5 Å². The van der Waals surface area contributed by atoms with Gasteiger partial charge >= 0.3 is 0 Å². The van der Waals surface area contributed by atoms with E-state index in [1.807, 2.05) is 0 Å². The number of nitrogens with zero attached hydrogens (tertiary/aromatic N) is 4. The van der Waals surface area contributed by atoms with Gasteiger partial charge in [0.15, 0.2) is 17.3 Å². The molecule has 0 saturated carbocycles. The van der Waals surface area contributed by atoms with Crippen LogP contribution < -0.4 is 15.6 Å². The number of hydrogen-bond acceptors (Lipinski definition) is 6. The Labute approximate surface area is 202 Å². The van der Waals surface area contributed by atoms with Crippen LogP contribution >= 0.6 is 0 Å². The number of nitrogens with one attached hydrogen (secondary N) is 1. The average molecular weight is 485 g/mol. The molecule has 0 bridgehead atoms. The van der Waals surface area contributed by atoms with Gasteiger partial charge in [-0.05, 0) is 55.5 Å². The summed E-state index contributed by atoms with van der Waals surface area (Å²) >= 11 is 0. The normalized spacial score (nSPS) is 10.9. The summed E-state index contributed by atoms with van der Waals surface area (Å²) in [6.45, 7) is 1.66. The van der Waals surface area contributed by atoms with E-state index >= 15 is 0 Å². The maximum Gasteiger partial charge on any atom is 0.269 e. The number of pyridine rings is 4. The van der Waals surface area contributed by atoms with Crippen molar-refractivity contribution in [3.63, 3.8) is 0 Å². The lowest BCUT2D eigenvalue weighted by molar-refractivity contribution is 0.102. The fourth-order valence-electron chi connectivity index (χ4n) is 3.60. The van der Waals surface area contributed by atoms with Crippen molar-refractivity contribution < 1.29 is 18.3 Å². The van der Waals surface area contributed by atoms with E-state index in [-0.39, 0.29) is 22.8 Å². The summed E-state index contributed by atoms with van der Waals surface area (Å²) in [5.41, 5.74) is 0.850. The summed E-state index contributed by atoms with van der Waals surface area (Å²) < 4.78 is 35.0. The smallest absolute Gasteiger partial charge is 0.269 e. The molecule has 1 amide bonds. The molecule has 1 aromatic carbocycles. The molecule has 0 radical (unpaired) electrons. The third-order valence-electron chi connectivity index (χ3n) is 5.33. The summed E-state index contributed by atoms with van der Waals surface area (Å²) in [7, 11) is 0. The number of ether oxygens (including phenoxy) is 1. The summed E-state index contributed by atoms with van der Waals surface area (Å²) in [6.07, 6.45) is 4.09. The van der Waals surface area contributed by atoms with Crippen molar-refractivity contribution in [2.45, 2.75) is 6.92 Å². The van der Waals surface area contributed by atoms with Crippen LogP contribution in [0.25, 0.3) is 16.9 Å². The third kappa shape index (κ3) is 4.39. The van der Waals surface area contributed by atoms with E-state index in [2.05, 4.69) is 20.3 Å². The van der Waals surface area contributed by atoms with Gasteiger partial charge in [-0.2, -0.15) is 0 Å². The zero-order chi connectivity index (χ0) is 25.2. The van der Waals surface area contributed by atoms with Gasteiger partial charge in [-0.3, -0.25) is 24.1 Å². The molecule has 0 aliphatic rings. The van der Waals surface area contributed by atoms with Gasteiger partial charge in [0.25, 0.3) is 11.5 Å². The van der Waals surface area contributed by atoms with Gasteiger partial charge in [-0.1, -0.05) is 0 Å². The predicted molar refractivity (Wildman–Crippen MR) is 128 cm³/mol. The van der Waals surface area contributed by atoms with E-state index < -0.39 is 23.1 Å². The van der Waals surface area contributed by atoms with E-state index in [0.717, 1.165) is 18.3 Å². The van der Waals surface area contributed by atoms with E-state index in [1.54, 1.807) is 37.4 Å². The number of hydrogen-bond donors (Lipinski definition) is 1. The van der Waals surface area contributed by atoms with Crippen molar-refractivity contribution in [2.24, 2.45) is 0 Å². The highest BCUT2D eigenvalue weighted by molar-refractivity contribution is 6.04. The summed E-state index contributed by atoms with van der Waals surface area (Å²) in [4.78, 5) is 38.2. The second-order valence-corrected chi connectivity index (χ2v) is 7.75. The molecule has 10 heteroatoms. The maximum atomic E-state index is 14.8. The van der Waals surface area contributed by atoms with E-state index in [4.69, 9.17) is 4.74 Å². The highest BCUT2D eigenvalue weighted by Gasteiger charge is 2.17. The molecular weight excluding hydrogens is 468 g/mol. The molecule has 4 aromatic heterocycles. The Morgan fingerprint density at radius 3 is 2.58 bits per heavy atom. The molecule has 1 N–H and O–H groups in total. The molecule has 5 rings (SSSR count). The van der Waals surface area contributed by atoms with Gasteiger partial charge in [0, 0.05) is 35.9 Å². The standard InChI is InChI=1S/C26H17F2N5O3/c1-15-4-7-18(26(35)33(15)23-9-5-16(27)14-31-23)25(34)32-17-6-8-21(19(28)13-17)36-22-10-12-29-20-3-2-11-30-24(20)22/h2-14H,1H3,(H,32,34). The molecule has 36 heavy (non-hydrogen) atoms. The lowest BCUT2D eigenvalue weighted by atomic mass is 10.2. The van der Waals surface area contributed by atoms with Crippen LogP contribution in [0.15, 0.2) is 84.0 Å². The van der Waals surface area contributed by atoms with Crippen LogP contribution in [-0.2, 0) is 0 Å². The molecule has 4 heterocycles. The van der Waals surface area contributed by atoms with Crippen molar-refractivity contribution in [1.29, 1.82) is 0 Å². The Balaban J connectivity index is 1.39. The number of anilines is 1. The average Bonchev–Trinajstić information content (AvgIpc) is 2.87. The number of aryl methyl sites for hydroxylation is 1. The molecule has 5 aromatic rings. The van der Waals surface area contributed by atoms with E-state index in [9.17, 15) is 18.4 Å². The molecule has 0 atom stereocenters. The molecule has 178 valence electrons. The fraction of sp³-hybridized carbons (Fsp3) is 0.0385. The first-order valence-electron chi connectivity index (χ1n) is 10.7. The highest BCUT2D eigenvalue weighted by atomic mass is 19.1. The summed E-state index contributed by atoms with van der Waals surface area (Å²) in [6, 6.07) is 14.4. The Hall–Kier alpha value is -4.99. The van der Waals surface area contributed by atoms with Gasteiger partial charge in [0.2, 0.25) is 0 Å². The number of halogens is 2. The van der Waals surface area contributed by atoms with Crippen LogP contribution in [0.2, 0.25) is 0 Å². The largest absolute Gasteiger partial charge is 0.452 e. The topological polar surface area (TPSA) is 99.0 Å². The van der Waals surface area contributed by atoms with Gasteiger partial charge in [-0.25, -0.2) is 13.8 Å². The highest BCUT2D eigenvalue weighted by Crippen LogP contribution is 2.30. The predicted octanol–water partition coefficient (Wildman–Crippen LogP) is 4.81. The minimum absolute atomic E-state index is 0.0776. The number of rotatable bonds is 5. The Kier molecular flexibility index (Phi) is 5.91. The zero-order valence-electron chi connectivity index (χ0n) is 18.8. The van der Waals surface area contributed by atoms with Crippen LogP contribution in [0.3, 0.4) is 0 Å². The first kappa shape index (κ1) is 22.8. The van der Waals surface area contributed by atoms with E-state index in [1.165, 1.54) is 35.0 Å². The van der Waals surface area contributed by atoms with Crippen molar-refractivity contribution in [3.8, 4) is 17.3 Å². The van der Waals surface area contributed by atoms with Crippen LogP contribution in [-0.4, -0.2) is 25.4 Å². The lowest BCUT2D eigenvalue weighted by Crippen LogP contribution is -2.29. The Morgan fingerprint density at radius 2 is 1.81 bits per heavy atom. The minimum Gasteiger partial charge on any atom is -0.452 e. The monoisotopic (exact) mass is 485 g/mol. The number of carbonyl (C=O) groups excluding carboxylic acids is 1. The second kappa shape index (κ2) is 9.34. The maximum absolute atomic E-state index is 14.8. The number of fused-ring (bicyclic) bond motifs is 1. The van der Waals surface area contributed by atoms with E-state index in [0.29, 0.717) is 22.5 Å². The molecular formula is C26H17F2N5O3. The number of amides is 1. The number of aromatic nitrogens is 4. The third-order valence-corrected chi connectivity index (χ3v) is 5.33. The quantitative estimate of drug-likeness (QED) is 0.384. The van der Waals surface area contributed by atoms with Gasteiger partial charge in [-0.15, -0.1) is 0 Å². The summed E-state index contributed by atoms with van der Waals surface area (Å²) in [5.74, 6) is -1.61. The van der Waals surface area contributed by atoms with Crippen LogP contribution in [0.4, 0.5) is 14.5 Å². The van der Waals surface area contributed by atoms with Crippen LogP contribution in [0, 0.1) is 18.6 Å². The molecule has 0 aliphatic carbocycles. The van der Waals surface area contributed by atoms with Gasteiger partial charge in [0.05, 0.1) is 11.7 Å². The zero-order valence-corrected chi connectivity index (χ0v) is 18.8. The molecule has 0 spiro atoms. The van der Waals surface area contributed by atoms with Crippen molar-refractivity contribution >= 4 is 22.6 Å². The first-order chi connectivity index (χ1) is 17.4. The summed E-state index contributed by atoms with van der Waals surface area (Å²) in [5, 5.41) is 2.52. The molecule has 0 saturated heterocycles. The minimum atomic E-state index is -0.742. The van der Waals surface area contributed by atoms with Crippen molar-refractivity contribution in [3.05, 3.63) is 112 Å². The molecule has 0 aliphatic heterocycles. The number of benzene rings is 1. The van der Waals surface area contributed by atoms with Crippen LogP contribution in [0.1, 0.15) is 16.1 Å². The molecule has 8 nitrogen and oxygen atoms in total. The fourth-order valence-corrected chi connectivity index (χ4v) is 3.60. The second-order valence-electron chi connectivity index (χ2n) is 7.75. The lowest BCUT2D eigenvalue weighted by Gasteiger charge is -2.12. The molecule has 0 fully saturated rings. The van der Waals surface area contributed by atoms with Gasteiger partial charge < -0.3 is 10.1 Å². The SMILES string of the molecule is Cc1ccc(C(=O)Nc2ccc(Oc3ccnc4cccnc34)c(F)c2)c(=O)n1-c1ccc(F)cn1.